The number of aromatic amines is 1. The summed E-state index contributed by atoms with van der Waals surface area (Å²) in [6, 6.07) is 1.46. The highest BCUT2D eigenvalue weighted by Crippen LogP contribution is 2.47. The lowest BCUT2D eigenvalue weighted by Crippen LogP contribution is -2.50. The lowest BCUT2D eigenvalue weighted by atomic mass is 10.0. The molecule has 7 heterocycles. The van der Waals surface area contributed by atoms with Gasteiger partial charge in [0.15, 0.2) is 43.8 Å². The van der Waals surface area contributed by atoms with Crippen LogP contribution >= 0.6 is 0 Å². The van der Waals surface area contributed by atoms with Gasteiger partial charge < -0.3 is 38.6 Å². The first-order chi connectivity index (χ1) is 24.9. The van der Waals surface area contributed by atoms with Gasteiger partial charge in [0.05, 0.1) is 19.0 Å². The highest BCUT2D eigenvalue weighted by atomic mass is 28.4. The summed E-state index contributed by atoms with van der Waals surface area (Å²) >= 11 is 0. The van der Waals surface area contributed by atoms with Gasteiger partial charge in [-0.2, -0.15) is 0 Å². The first kappa shape index (κ1) is 38.2. The Morgan fingerprint density at radius 2 is 1.43 bits per heavy atom. The summed E-state index contributed by atoms with van der Waals surface area (Å²) in [5, 5.41) is 0. The average molecular weight is 758 g/mol. The summed E-state index contributed by atoms with van der Waals surface area (Å²) in [6.07, 6.45) is 0.393. The maximum Gasteiger partial charge on any atom is 0.330 e. The zero-order valence-corrected chi connectivity index (χ0v) is 33.4. The van der Waals surface area contributed by atoms with Gasteiger partial charge in [-0.25, -0.2) is 19.7 Å². The van der Waals surface area contributed by atoms with Crippen LogP contribution in [-0.4, -0.2) is 92.2 Å². The van der Waals surface area contributed by atoms with Crippen LogP contribution in [0.15, 0.2) is 28.3 Å². The summed E-state index contributed by atoms with van der Waals surface area (Å²) in [4.78, 5) is 41.7. The summed E-state index contributed by atoms with van der Waals surface area (Å²) in [6.45, 7) is 21.2. The minimum atomic E-state index is -2.23. The molecule has 53 heavy (non-hydrogen) atoms. The Labute approximate surface area is 310 Å². The molecule has 0 aromatic carbocycles. The Morgan fingerprint density at radius 1 is 0.849 bits per heavy atom. The molecule has 4 aliphatic heterocycles. The van der Waals surface area contributed by atoms with Gasteiger partial charge in [0.1, 0.15) is 42.4 Å². The topological polar surface area (TPSA) is 189 Å². The van der Waals surface area contributed by atoms with Crippen molar-refractivity contribution in [3.05, 3.63) is 45.3 Å². The Kier molecular flexibility index (Phi) is 10.0. The Bertz CT molecular complexity index is 1900. The molecular weight excluding hydrogens is 703 g/mol. The van der Waals surface area contributed by atoms with Crippen LogP contribution in [0.5, 0.6) is 0 Å². The van der Waals surface area contributed by atoms with Crippen molar-refractivity contribution in [2.45, 2.75) is 166 Å². The van der Waals surface area contributed by atoms with Crippen LogP contribution in [0, 0.1) is 0 Å². The normalized spacial score (nSPS) is 30.7. The minimum absolute atomic E-state index is 0.277. The van der Waals surface area contributed by atoms with Crippen molar-refractivity contribution in [2.24, 2.45) is 0 Å². The van der Waals surface area contributed by atoms with Gasteiger partial charge in [0, 0.05) is 11.8 Å². The third kappa shape index (κ3) is 6.81. The van der Waals surface area contributed by atoms with Crippen molar-refractivity contribution in [1.29, 1.82) is 0 Å². The van der Waals surface area contributed by atoms with Gasteiger partial charge in [0.2, 0.25) is 0 Å². The van der Waals surface area contributed by atoms with E-state index >= 15 is 0 Å². The van der Waals surface area contributed by atoms with E-state index in [1.807, 2.05) is 27.7 Å². The summed E-state index contributed by atoms with van der Waals surface area (Å²) < 4.78 is 49.0. The van der Waals surface area contributed by atoms with E-state index in [2.05, 4.69) is 61.5 Å². The molecule has 3 aromatic heterocycles. The number of H-pyrrole nitrogens is 1. The van der Waals surface area contributed by atoms with Crippen LogP contribution in [0.3, 0.4) is 0 Å². The Hall–Kier alpha value is -3.03. The predicted molar refractivity (Wildman–Crippen MR) is 196 cm³/mol. The molecule has 0 unspecified atom stereocenters. The summed E-state index contributed by atoms with van der Waals surface area (Å²) in [5.74, 6) is -1.45. The fraction of sp³-hybridized carbons (Fsp3) is 0.750. The van der Waals surface area contributed by atoms with E-state index in [0.29, 0.717) is 59.4 Å². The predicted octanol–water partition coefficient (Wildman–Crippen LogP) is 4.31. The summed E-state index contributed by atoms with van der Waals surface area (Å²) in [5.41, 5.74) is 7.70. The van der Waals surface area contributed by atoms with Crippen molar-refractivity contribution < 1.29 is 32.8 Å². The molecule has 0 spiro atoms. The second-order valence-electron chi connectivity index (χ2n) is 16.7. The van der Waals surface area contributed by atoms with Crippen molar-refractivity contribution in [3.8, 4) is 0 Å². The number of hydrogen-bond donors (Lipinski definition) is 2. The number of ether oxygens (including phenoxy) is 6. The number of imidazole rings is 1. The van der Waals surface area contributed by atoms with Crippen molar-refractivity contribution in [1.82, 2.24) is 29.1 Å². The van der Waals surface area contributed by atoms with E-state index in [-0.39, 0.29) is 18.0 Å². The van der Waals surface area contributed by atoms with Gasteiger partial charge in [0.25, 0.3) is 5.56 Å². The molecular formula is C36H55N7O9Si. The van der Waals surface area contributed by atoms with Crippen molar-refractivity contribution in [2.75, 3.05) is 12.3 Å². The van der Waals surface area contributed by atoms with Crippen molar-refractivity contribution >= 4 is 25.3 Å². The number of fused-ring (bicyclic) bond motifs is 3. The average Bonchev–Trinajstić information content (AvgIpc) is 3.84. The number of nitrogens with two attached hydrogens (primary N) is 1. The lowest BCUT2D eigenvalue weighted by molar-refractivity contribution is -0.200. The number of aromatic nitrogens is 6. The number of nitrogen functional groups attached to an aromatic ring is 1. The molecule has 0 bridgehead atoms. The van der Waals surface area contributed by atoms with Crippen LogP contribution in [-0.2, 0) is 39.3 Å². The maximum absolute atomic E-state index is 13.7. The van der Waals surface area contributed by atoms with Crippen LogP contribution in [0.4, 0.5) is 5.82 Å². The van der Waals surface area contributed by atoms with Gasteiger partial charge in [-0.1, -0.05) is 41.5 Å². The second-order valence-corrected chi connectivity index (χ2v) is 22.1. The smallest absolute Gasteiger partial charge is 0.330 e. The monoisotopic (exact) mass is 757 g/mol. The molecule has 0 saturated carbocycles. The van der Waals surface area contributed by atoms with Crippen LogP contribution in [0.25, 0.3) is 11.2 Å². The zero-order chi connectivity index (χ0) is 38.2. The Balaban J connectivity index is 1.12. The molecule has 4 saturated heterocycles. The first-order valence-corrected chi connectivity index (χ1v) is 21.0. The van der Waals surface area contributed by atoms with E-state index in [0.717, 1.165) is 0 Å². The highest BCUT2D eigenvalue weighted by Gasteiger charge is 2.58. The van der Waals surface area contributed by atoms with E-state index in [4.69, 9.17) is 38.6 Å². The van der Waals surface area contributed by atoms with E-state index in [1.165, 1.54) is 17.0 Å². The number of hydrogen-bond acceptors (Lipinski definition) is 13. The third-order valence-corrected chi connectivity index (χ3v) is 17.4. The molecule has 0 aliphatic carbocycles. The zero-order valence-electron chi connectivity index (χ0n) is 32.4. The van der Waals surface area contributed by atoms with E-state index in [1.54, 1.807) is 10.9 Å². The summed E-state index contributed by atoms with van der Waals surface area (Å²) in [7, 11) is -2.23. The molecule has 16 nitrogen and oxygen atoms in total. The van der Waals surface area contributed by atoms with Gasteiger partial charge >= 0.3 is 5.69 Å². The van der Waals surface area contributed by atoms with Gasteiger partial charge in [-0.3, -0.25) is 18.9 Å². The molecule has 3 N–H and O–H groups in total. The van der Waals surface area contributed by atoms with Crippen LogP contribution < -0.4 is 17.0 Å². The number of rotatable bonds is 12. The third-order valence-electron chi connectivity index (χ3n) is 11.3. The highest BCUT2D eigenvalue weighted by molar-refractivity contribution is 6.77. The fourth-order valence-corrected chi connectivity index (χ4v) is 14.9. The molecule has 8 atom stereocenters. The molecule has 7 rings (SSSR count). The molecule has 292 valence electrons. The van der Waals surface area contributed by atoms with E-state index in [9.17, 15) is 9.59 Å². The Morgan fingerprint density at radius 3 is 2.08 bits per heavy atom. The minimum Gasteiger partial charge on any atom is -0.413 e. The molecule has 3 aromatic rings. The van der Waals surface area contributed by atoms with E-state index < -0.39 is 68.0 Å². The SMILES string of the molecule is CC(C)[Si](OC[C@H]1O[C@@H](n2c(CCC[C@H]3O[C@@H](n4cnc5c(N)ncnc54)[C@@H]4OC(C)(C)O[C@@H]43)cc(=O)[nH]c2=O)[C@@H]2OC(C)(C)O[C@@H]21)(C(C)C)C(C)C. The molecule has 17 heteroatoms. The quantitative estimate of drug-likeness (QED) is 0.249. The van der Waals surface area contributed by atoms with Crippen LogP contribution in [0.2, 0.25) is 16.6 Å². The van der Waals surface area contributed by atoms with Crippen LogP contribution in [0.1, 0.15) is 100 Å². The number of anilines is 1. The molecule has 0 amide bonds. The van der Waals surface area contributed by atoms with Gasteiger partial charge in [-0.05, 0) is 63.6 Å². The maximum atomic E-state index is 13.7. The lowest BCUT2D eigenvalue weighted by Gasteiger charge is -2.43. The van der Waals surface area contributed by atoms with Crippen molar-refractivity contribution in [3.63, 3.8) is 0 Å². The van der Waals surface area contributed by atoms with Gasteiger partial charge in [-0.15, -0.1) is 0 Å². The number of nitrogens with one attached hydrogen (secondary N) is 1. The molecule has 4 aliphatic rings. The first-order valence-electron chi connectivity index (χ1n) is 18.9. The second kappa shape index (κ2) is 13.9. The largest absolute Gasteiger partial charge is 0.413 e. The fourth-order valence-electron chi connectivity index (χ4n) is 9.41. The number of aryl methyl sites for hydroxylation is 1. The molecule has 0 radical (unpaired) electrons. The molecule has 4 fully saturated rings. The number of nitrogens with zero attached hydrogens (tertiary/aromatic N) is 5. The standard InChI is InChI=1S/C36H55N7O9Si/c1-18(2)53(19(3)4,20(5)6)46-15-23-27-29(52-36(9,10)50-27)33(48-23)43-21(14-24(44)41-34(43)45)12-11-13-22-26-28(51-35(7,8)49-26)32(47-22)42-17-40-25-30(37)38-16-39-31(25)42/h14,16-20,22-23,26-29,32-33H,11-13,15H2,1-10H3,(H2,37,38,39)(H,41,44,45)/t22-,23-,26-,27-,28-,29-,32-,33-/m1/s1.